The number of aryl methyl sites for hydroxylation is 1. The molecule has 0 radical (unpaired) electrons. The number of nitrogens with two attached hydrogens (primary N) is 1. The van der Waals surface area contributed by atoms with E-state index in [9.17, 15) is 0 Å². The van der Waals surface area contributed by atoms with Crippen LogP contribution in [0.25, 0.3) is 0 Å². The maximum Gasteiger partial charge on any atom is 0.118 e. The van der Waals surface area contributed by atoms with Crippen LogP contribution in [-0.4, -0.2) is 7.11 Å². The smallest absolute Gasteiger partial charge is 0.118 e. The Morgan fingerprint density at radius 2 is 1.81 bits per heavy atom. The number of rotatable bonds is 6. The lowest BCUT2D eigenvalue weighted by Crippen LogP contribution is -2.28. The summed E-state index contributed by atoms with van der Waals surface area (Å²) in [5.41, 5.74) is 5.09. The molecule has 0 amide bonds. The van der Waals surface area contributed by atoms with Gasteiger partial charge in [-0.2, -0.15) is 0 Å². The molecule has 0 aromatic heterocycles. The molecule has 0 bridgehead atoms. The van der Waals surface area contributed by atoms with Crippen LogP contribution in [0.15, 0.2) is 42.5 Å². The Bertz CT molecular complexity index is 587. The first kappa shape index (κ1) is 16.1. The van der Waals surface area contributed by atoms with Crippen molar-refractivity contribution in [3.63, 3.8) is 0 Å². The lowest BCUT2D eigenvalue weighted by molar-refractivity contribution is 0.414. The van der Waals surface area contributed by atoms with Crippen molar-refractivity contribution in [2.24, 2.45) is 5.84 Å². The summed E-state index contributed by atoms with van der Waals surface area (Å²) in [6, 6.07) is 13.6. The fourth-order valence-electron chi connectivity index (χ4n) is 2.18. The van der Waals surface area contributed by atoms with Crippen LogP contribution in [0.2, 0.25) is 10.0 Å². The molecule has 2 rings (SSSR count). The quantitative estimate of drug-likeness (QED) is 0.620. The van der Waals surface area contributed by atoms with E-state index in [2.05, 4.69) is 17.6 Å². The highest BCUT2D eigenvalue weighted by molar-refractivity contribution is 6.42. The van der Waals surface area contributed by atoms with Gasteiger partial charge in [-0.05, 0) is 48.2 Å². The highest BCUT2D eigenvalue weighted by Gasteiger charge is 2.11. The van der Waals surface area contributed by atoms with Gasteiger partial charge in [0.25, 0.3) is 0 Å². The summed E-state index contributed by atoms with van der Waals surface area (Å²) in [5, 5.41) is 1.09. The first-order valence-corrected chi connectivity index (χ1v) is 7.43. The van der Waals surface area contributed by atoms with E-state index in [1.807, 2.05) is 24.3 Å². The Balaban J connectivity index is 2.02. The van der Waals surface area contributed by atoms with Gasteiger partial charge in [-0.15, -0.1) is 0 Å². The summed E-state index contributed by atoms with van der Waals surface area (Å²) >= 11 is 12.0. The first-order valence-electron chi connectivity index (χ1n) is 6.68. The standard InChI is InChI=1S/C16H18Cl2N2O/c1-21-13-6-2-11(3-7-13)4-9-16(20-19)12-5-8-14(17)15(18)10-12/h2-3,5-8,10,16,20H,4,9,19H2,1H3. The fraction of sp³-hybridized carbons (Fsp3) is 0.250. The monoisotopic (exact) mass is 324 g/mol. The molecule has 2 aromatic carbocycles. The molecule has 0 saturated carbocycles. The molecular formula is C16H18Cl2N2O. The van der Waals surface area contributed by atoms with E-state index in [0.717, 1.165) is 24.2 Å². The molecule has 0 aliphatic heterocycles. The van der Waals surface area contributed by atoms with Crippen molar-refractivity contribution in [1.82, 2.24) is 5.43 Å². The lowest BCUT2D eigenvalue weighted by atomic mass is 9.99. The van der Waals surface area contributed by atoms with Crippen molar-refractivity contribution in [3.8, 4) is 5.75 Å². The van der Waals surface area contributed by atoms with Crippen LogP contribution in [0.1, 0.15) is 23.6 Å². The lowest BCUT2D eigenvalue weighted by Gasteiger charge is -2.17. The van der Waals surface area contributed by atoms with Crippen molar-refractivity contribution in [2.45, 2.75) is 18.9 Å². The third-order valence-electron chi connectivity index (χ3n) is 3.43. The minimum absolute atomic E-state index is 0.0295. The van der Waals surface area contributed by atoms with Crippen molar-refractivity contribution in [3.05, 3.63) is 63.6 Å². The van der Waals surface area contributed by atoms with Crippen molar-refractivity contribution in [2.75, 3.05) is 7.11 Å². The molecule has 1 unspecified atom stereocenters. The zero-order valence-electron chi connectivity index (χ0n) is 11.8. The summed E-state index contributed by atoms with van der Waals surface area (Å²) < 4.78 is 5.15. The van der Waals surface area contributed by atoms with Gasteiger partial charge in [0.05, 0.1) is 17.2 Å². The normalized spacial score (nSPS) is 12.2. The molecule has 0 spiro atoms. The van der Waals surface area contributed by atoms with Crippen LogP contribution < -0.4 is 16.0 Å². The number of hydrogen-bond acceptors (Lipinski definition) is 3. The first-order chi connectivity index (χ1) is 10.1. The predicted octanol–water partition coefficient (Wildman–Crippen LogP) is 4.14. The summed E-state index contributed by atoms with van der Waals surface area (Å²) in [6.45, 7) is 0. The van der Waals surface area contributed by atoms with E-state index in [0.29, 0.717) is 10.0 Å². The second-order valence-electron chi connectivity index (χ2n) is 4.78. The van der Waals surface area contributed by atoms with E-state index < -0.39 is 0 Å². The number of methoxy groups -OCH3 is 1. The van der Waals surface area contributed by atoms with Gasteiger partial charge in [0, 0.05) is 6.04 Å². The number of halogens is 2. The maximum absolute atomic E-state index is 6.05. The predicted molar refractivity (Wildman–Crippen MR) is 87.8 cm³/mol. The van der Waals surface area contributed by atoms with E-state index >= 15 is 0 Å². The Kier molecular flexibility index (Phi) is 5.88. The highest BCUT2D eigenvalue weighted by atomic mass is 35.5. The van der Waals surface area contributed by atoms with Gasteiger partial charge in [0.2, 0.25) is 0 Å². The molecule has 2 aromatic rings. The van der Waals surface area contributed by atoms with Gasteiger partial charge in [-0.3, -0.25) is 11.3 Å². The molecule has 0 fully saturated rings. The van der Waals surface area contributed by atoms with Gasteiger partial charge in [0.1, 0.15) is 5.75 Å². The second kappa shape index (κ2) is 7.66. The molecule has 5 heteroatoms. The Morgan fingerprint density at radius 1 is 1.10 bits per heavy atom. The highest BCUT2D eigenvalue weighted by Crippen LogP contribution is 2.27. The molecule has 0 aliphatic carbocycles. The van der Waals surface area contributed by atoms with Gasteiger partial charge in [-0.25, -0.2) is 0 Å². The number of hydrazine groups is 1. The third kappa shape index (κ3) is 4.35. The molecule has 0 saturated heterocycles. The second-order valence-corrected chi connectivity index (χ2v) is 5.59. The SMILES string of the molecule is COc1ccc(CCC(NN)c2ccc(Cl)c(Cl)c2)cc1. The minimum Gasteiger partial charge on any atom is -0.497 e. The third-order valence-corrected chi connectivity index (χ3v) is 4.17. The number of nitrogens with one attached hydrogen (secondary N) is 1. The van der Waals surface area contributed by atoms with E-state index in [1.54, 1.807) is 13.2 Å². The zero-order valence-corrected chi connectivity index (χ0v) is 13.3. The average molecular weight is 325 g/mol. The van der Waals surface area contributed by atoms with Crippen LogP contribution >= 0.6 is 23.2 Å². The van der Waals surface area contributed by atoms with Gasteiger partial charge in [-0.1, -0.05) is 41.4 Å². The topological polar surface area (TPSA) is 47.3 Å². The number of benzene rings is 2. The fourth-order valence-corrected chi connectivity index (χ4v) is 2.49. The van der Waals surface area contributed by atoms with Gasteiger partial charge < -0.3 is 4.74 Å². The minimum atomic E-state index is 0.0295. The summed E-state index contributed by atoms with van der Waals surface area (Å²) in [5.74, 6) is 6.51. The number of ether oxygens (including phenoxy) is 1. The average Bonchev–Trinajstić information content (AvgIpc) is 2.52. The van der Waals surface area contributed by atoms with Crippen molar-refractivity contribution >= 4 is 23.2 Å². The van der Waals surface area contributed by atoms with Gasteiger partial charge in [0.15, 0.2) is 0 Å². The maximum atomic E-state index is 6.05. The Labute approximate surface area is 135 Å². The molecule has 3 nitrogen and oxygen atoms in total. The molecular weight excluding hydrogens is 307 g/mol. The van der Waals surface area contributed by atoms with Crippen molar-refractivity contribution < 1.29 is 4.74 Å². The Hall–Kier alpha value is -1.26. The van der Waals surface area contributed by atoms with Crippen LogP contribution in [0.5, 0.6) is 5.75 Å². The molecule has 112 valence electrons. The molecule has 0 aliphatic rings. The van der Waals surface area contributed by atoms with Crippen LogP contribution in [0.3, 0.4) is 0 Å². The summed E-state index contributed by atoms with van der Waals surface area (Å²) in [7, 11) is 1.66. The van der Waals surface area contributed by atoms with E-state index in [4.69, 9.17) is 33.8 Å². The number of hydrogen-bond donors (Lipinski definition) is 2. The Morgan fingerprint density at radius 3 is 2.38 bits per heavy atom. The largest absolute Gasteiger partial charge is 0.497 e. The van der Waals surface area contributed by atoms with Gasteiger partial charge >= 0.3 is 0 Å². The summed E-state index contributed by atoms with van der Waals surface area (Å²) in [4.78, 5) is 0. The summed E-state index contributed by atoms with van der Waals surface area (Å²) in [6.07, 6.45) is 1.76. The zero-order chi connectivity index (χ0) is 15.2. The van der Waals surface area contributed by atoms with Crippen LogP contribution in [-0.2, 0) is 6.42 Å². The molecule has 3 N–H and O–H groups in total. The van der Waals surface area contributed by atoms with E-state index in [-0.39, 0.29) is 6.04 Å². The van der Waals surface area contributed by atoms with Crippen molar-refractivity contribution in [1.29, 1.82) is 0 Å². The molecule has 21 heavy (non-hydrogen) atoms. The molecule has 1 atom stereocenters. The van der Waals surface area contributed by atoms with Crippen LogP contribution in [0, 0.1) is 0 Å². The molecule has 0 heterocycles. The van der Waals surface area contributed by atoms with Crippen LogP contribution in [0.4, 0.5) is 0 Å². The van der Waals surface area contributed by atoms with E-state index in [1.165, 1.54) is 5.56 Å².